The number of methoxy groups -OCH3 is 1. The Hall–Kier alpha value is -2.81. The van der Waals surface area contributed by atoms with Gasteiger partial charge in [-0.2, -0.15) is 0 Å². The Bertz CT molecular complexity index is 958. The summed E-state index contributed by atoms with van der Waals surface area (Å²) in [4.78, 5) is 24.5. The molecule has 3 rings (SSSR count). The smallest absolute Gasteiger partial charge is 0.286 e. The molecule has 9 heteroatoms. The Labute approximate surface area is 170 Å². The lowest BCUT2D eigenvalue weighted by Crippen LogP contribution is -2.22. The minimum Gasteiger partial charge on any atom is -0.377 e. The molecule has 1 heterocycles. The number of hydrogen-bond acceptors (Lipinski definition) is 6. The van der Waals surface area contributed by atoms with Crippen molar-refractivity contribution in [1.29, 1.82) is 0 Å². The van der Waals surface area contributed by atoms with Gasteiger partial charge in [0.2, 0.25) is 5.01 Å². The van der Waals surface area contributed by atoms with Gasteiger partial charge in [0.25, 0.3) is 11.8 Å². The summed E-state index contributed by atoms with van der Waals surface area (Å²) < 4.78 is 4.96. The van der Waals surface area contributed by atoms with Gasteiger partial charge in [-0.3, -0.25) is 9.59 Å². The summed E-state index contributed by atoms with van der Waals surface area (Å²) in [5.41, 5.74) is 2.00. The van der Waals surface area contributed by atoms with Crippen LogP contribution in [-0.4, -0.2) is 29.1 Å². The summed E-state index contributed by atoms with van der Waals surface area (Å²) in [5, 5.41) is 14.8. The van der Waals surface area contributed by atoms with Crippen LogP contribution in [0.25, 0.3) is 0 Å². The number of hydrogen-bond donors (Lipinski definition) is 2. The normalized spacial score (nSPS) is 10.5. The van der Waals surface area contributed by atoms with E-state index in [-0.39, 0.29) is 16.8 Å². The second kappa shape index (κ2) is 9.41. The zero-order chi connectivity index (χ0) is 19.9. The number of anilines is 1. The van der Waals surface area contributed by atoms with Gasteiger partial charge in [-0.15, -0.1) is 10.2 Å². The van der Waals surface area contributed by atoms with Gasteiger partial charge in [0.15, 0.2) is 0 Å². The summed E-state index contributed by atoms with van der Waals surface area (Å²) >= 11 is 7.01. The Kier molecular flexibility index (Phi) is 6.70. The standard InChI is InChI=1S/C19H17ClN4O3S/c1-27-11-16-23-24-19(28-16)18(26)22-15-8-4-13(5-9-15)17(25)21-10-12-2-6-14(20)7-3-12/h2-9H,10-11H2,1H3,(H,21,25)(H,22,26). The van der Waals surface area contributed by atoms with Crippen LogP contribution in [0, 0.1) is 0 Å². The van der Waals surface area contributed by atoms with Crippen LogP contribution < -0.4 is 10.6 Å². The van der Waals surface area contributed by atoms with Crippen molar-refractivity contribution < 1.29 is 14.3 Å². The lowest BCUT2D eigenvalue weighted by molar-refractivity contribution is 0.0950. The van der Waals surface area contributed by atoms with Crippen molar-refractivity contribution in [3.05, 3.63) is 74.7 Å². The zero-order valence-corrected chi connectivity index (χ0v) is 16.5. The number of amides is 2. The molecule has 0 spiro atoms. The molecule has 2 N–H and O–H groups in total. The van der Waals surface area contributed by atoms with Crippen molar-refractivity contribution in [2.24, 2.45) is 0 Å². The van der Waals surface area contributed by atoms with Gasteiger partial charge in [-0.1, -0.05) is 35.1 Å². The maximum atomic E-state index is 12.3. The molecule has 0 aliphatic rings. The Morgan fingerprint density at radius 3 is 2.43 bits per heavy atom. The van der Waals surface area contributed by atoms with Crippen molar-refractivity contribution in [2.75, 3.05) is 12.4 Å². The van der Waals surface area contributed by atoms with E-state index in [1.165, 1.54) is 11.3 Å². The van der Waals surface area contributed by atoms with Crippen molar-refractivity contribution >= 4 is 40.4 Å². The van der Waals surface area contributed by atoms with Crippen LogP contribution in [0.4, 0.5) is 5.69 Å². The van der Waals surface area contributed by atoms with Crippen molar-refractivity contribution in [1.82, 2.24) is 15.5 Å². The fourth-order valence-corrected chi connectivity index (χ4v) is 3.14. The van der Waals surface area contributed by atoms with Crippen LogP contribution in [0.5, 0.6) is 0 Å². The minimum absolute atomic E-state index is 0.207. The predicted octanol–water partition coefficient (Wildman–Crippen LogP) is 3.52. The van der Waals surface area contributed by atoms with Gasteiger partial charge in [0.1, 0.15) is 5.01 Å². The van der Waals surface area contributed by atoms with E-state index in [0.717, 1.165) is 5.56 Å². The van der Waals surface area contributed by atoms with E-state index in [0.29, 0.717) is 34.4 Å². The number of carbonyl (C=O) groups excluding carboxylic acids is 2. The molecule has 0 fully saturated rings. The summed E-state index contributed by atoms with van der Waals surface area (Å²) in [7, 11) is 1.55. The van der Waals surface area contributed by atoms with Gasteiger partial charge in [0, 0.05) is 29.9 Å². The SMILES string of the molecule is COCc1nnc(C(=O)Nc2ccc(C(=O)NCc3ccc(Cl)cc3)cc2)s1. The first kappa shape index (κ1) is 19.9. The number of carbonyl (C=O) groups is 2. The molecular formula is C19H17ClN4O3S. The van der Waals surface area contributed by atoms with E-state index in [1.807, 2.05) is 12.1 Å². The fraction of sp³-hybridized carbons (Fsp3) is 0.158. The first-order chi connectivity index (χ1) is 13.5. The summed E-state index contributed by atoms with van der Waals surface area (Å²) in [6.07, 6.45) is 0. The van der Waals surface area contributed by atoms with Gasteiger partial charge >= 0.3 is 0 Å². The Morgan fingerprint density at radius 2 is 1.75 bits per heavy atom. The van der Waals surface area contributed by atoms with Crippen LogP contribution in [-0.2, 0) is 17.9 Å². The van der Waals surface area contributed by atoms with Gasteiger partial charge < -0.3 is 15.4 Å². The third-order valence-corrected chi connectivity index (χ3v) is 4.85. The maximum absolute atomic E-state index is 12.3. The molecule has 2 aromatic carbocycles. The third-order valence-electron chi connectivity index (χ3n) is 3.70. The van der Waals surface area contributed by atoms with E-state index in [9.17, 15) is 9.59 Å². The van der Waals surface area contributed by atoms with E-state index in [2.05, 4.69) is 20.8 Å². The second-order valence-corrected chi connectivity index (χ2v) is 7.27. The van der Waals surface area contributed by atoms with Crippen LogP contribution in [0.1, 0.15) is 30.7 Å². The molecule has 28 heavy (non-hydrogen) atoms. The summed E-state index contributed by atoms with van der Waals surface area (Å²) in [6, 6.07) is 13.9. The zero-order valence-electron chi connectivity index (χ0n) is 14.9. The highest BCUT2D eigenvalue weighted by molar-refractivity contribution is 7.13. The molecule has 7 nitrogen and oxygen atoms in total. The highest BCUT2D eigenvalue weighted by Gasteiger charge is 2.13. The third kappa shape index (κ3) is 5.35. The first-order valence-corrected chi connectivity index (χ1v) is 9.50. The molecule has 0 aliphatic carbocycles. The van der Waals surface area contributed by atoms with E-state index in [4.69, 9.17) is 16.3 Å². The molecule has 0 atom stereocenters. The lowest BCUT2D eigenvalue weighted by Gasteiger charge is -2.07. The van der Waals surface area contributed by atoms with E-state index >= 15 is 0 Å². The number of halogens is 1. The van der Waals surface area contributed by atoms with Crippen LogP contribution >= 0.6 is 22.9 Å². The summed E-state index contributed by atoms with van der Waals surface area (Å²) in [5.74, 6) is -0.569. The van der Waals surface area contributed by atoms with Crippen LogP contribution in [0.3, 0.4) is 0 Å². The predicted molar refractivity (Wildman–Crippen MR) is 108 cm³/mol. The van der Waals surface area contributed by atoms with Crippen molar-refractivity contribution in [3.63, 3.8) is 0 Å². The number of nitrogens with zero attached hydrogens (tertiary/aromatic N) is 2. The number of nitrogens with one attached hydrogen (secondary N) is 2. The fourth-order valence-electron chi connectivity index (χ4n) is 2.30. The van der Waals surface area contributed by atoms with Gasteiger partial charge in [-0.05, 0) is 42.0 Å². The molecule has 0 saturated heterocycles. The molecule has 0 bridgehead atoms. The van der Waals surface area contributed by atoms with Gasteiger partial charge in [0.05, 0.1) is 6.61 Å². The Morgan fingerprint density at radius 1 is 1.04 bits per heavy atom. The van der Waals surface area contributed by atoms with Crippen LogP contribution in [0.2, 0.25) is 5.02 Å². The highest BCUT2D eigenvalue weighted by Crippen LogP contribution is 2.15. The largest absolute Gasteiger partial charge is 0.377 e. The topological polar surface area (TPSA) is 93.2 Å². The number of aromatic nitrogens is 2. The average Bonchev–Trinajstić information content (AvgIpc) is 3.17. The number of ether oxygens (including phenoxy) is 1. The van der Waals surface area contributed by atoms with Crippen LogP contribution in [0.15, 0.2) is 48.5 Å². The second-order valence-electron chi connectivity index (χ2n) is 5.77. The quantitative estimate of drug-likeness (QED) is 0.614. The first-order valence-electron chi connectivity index (χ1n) is 8.30. The molecular weight excluding hydrogens is 400 g/mol. The Balaban J connectivity index is 1.55. The summed E-state index contributed by atoms with van der Waals surface area (Å²) in [6.45, 7) is 0.708. The molecule has 0 saturated carbocycles. The van der Waals surface area contributed by atoms with Crippen molar-refractivity contribution in [3.8, 4) is 0 Å². The molecule has 3 aromatic rings. The van der Waals surface area contributed by atoms with E-state index in [1.54, 1.807) is 43.5 Å². The molecule has 0 radical (unpaired) electrons. The van der Waals surface area contributed by atoms with Gasteiger partial charge in [-0.25, -0.2) is 0 Å². The highest BCUT2D eigenvalue weighted by atomic mass is 35.5. The maximum Gasteiger partial charge on any atom is 0.286 e. The number of benzene rings is 2. The average molecular weight is 417 g/mol. The lowest BCUT2D eigenvalue weighted by atomic mass is 10.1. The molecule has 1 aromatic heterocycles. The van der Waals surface area contributed by atoms with Crippen molar-refractivity contribution in [2.45, 2.75) is 13.2 Å². The molecule has 0 aliphatic heterocycles. The molecule has 144 valence electrons. The molecule has 2 amide bonds. The number of rotatable bonds is 7. The molecule has 0 unspecified atom stereocenters. The monoisotopic (exact) mass is 416 g/mol. The van der Waals surface area contributed by atoms with E-state index < -0.39 is 0 Å². The minimum atomic E-state index is -0.361.